The Kier molecular flexibility index (Phi) is 6.42. The van der Waals surface area contributed by atoms with Crippen LogP contribution >= 0.6 is 11.6 Å². The molecule has 1 amide bonds. The van der Waals surface area contributed by atoms with E-state index in [9.17, 15) is 18.0 Å². The smallest absolute Gasteiger partial charge is 0.340 e. The molecule has 1 aliphatic carbocycles. The lowest BCUT2D eigenvalue weighted by Crippen LogP contribution is -2.42. The maximum absolute atomic E-state index is 12.1. The number of rotatable bonds is 5. The van der Waals surface area contributed by atoms with Gasteiger partial charge in [-0.25, -0.2) is 18.4 Å². The fraction of sp³-hybridized carbons (Fsp3) is 0.500. The van der Waals surface area contributed by atoms with Crippen LogP contribution in [-0.2, 0) is 19.6 Å². The molecule has 1 fully saturated rings. The lowest BCUT2D eigenvalue weighted by atomic mass is 9.86. The fourth-order valence-corrected chi connectivity index (χ4v) is 3.56. The number of esters is 1. The highest BCUT2D eigenvalue weighted by atomic mass is 35.5. The number of hydrogen-bond donors (Lipinski definition) is 2. The summed E-state index contributed by atoms with van der Waals surface area (Å²) in [5.74, 6) is -0.901. The Balaban J connectivity index is 1.97. The second kappa shape index (κ2) is 8.16. The highest BCUT2D eigenvalue weighted by molar-refractivity contribution is 7.89. The Hall–Kier alpha value is -1.64. The zero-order valence-electron chi connectivity index (χ0n) is 13.8. The van der Waals surface area contributed by atoms with E-state index < -0.39 is 28.5 Å². The van der Waals surface area contributed by atoms with Crippen LogP contribution in [0.25, 0.3) is 0 Å². The lowest BCUT2D eigenvalue weighted by molar-refractivity contribution is -0.125. The third-order valence-electron chi connectivity index (χ3n) is 4.28. The molecule has 1 aromatic carbocycles. The van der Waals surface area contributed by atoms with Crippen LogP contribution < -0.4 is 10.5 Å². The van der Waals surface area contributed by atoms with Gasteiger partial charge in [-0.15, -0.1) is 0 Å². The summed E-state index contributed by atoms with van der Waals surface area (Å²) >= 11 is 5.89. The fourth-order valence-electron chi connectivity index (χ4n) is 2.83. The quantitative estimate of drug-likeness (QED) is 0.746. The summed E-state index contributed by atoms with van der Waals surface area (Å²) in [5.41, 5.74) is -0.160. The van der Waals surface area contributed by atoms with Gasteiger partial charge in [-0.3, -0.25) is 4.79 Å². The number of hydrogen-bond acceptors (Lipinski definition) is 5. The zero-order chi connectivity index (χ0) is 18.6. The average Bonchev–Trinajstić information content (AvgIpc) is 2.54. The molecule has 0 unspecified atom stereocenters. The van der Waals surface area contributed by atoms with Crippen molar-refractivity contribution in [2.24, 2.45) is 11.1 Å². The second-order valence-corrected chi connectivity index (χ2v) is 8.17. The molecule has 0 heterocycles. The van der Waals surface area contributed by atoms with Crippen LogP contribution in [0, 0.1) is 5.92 Å². The van der Waals surface area contributed by atoms with Gasteiger partial charge in [0.05, 0.1) is 15.5 Å². The topological polar surface area (TPSA) is 116 Å². The molecule has 1 saturated carbocycles. The van der Waals surface area contributed by atoms with E-state index in [4.69, 9.17) is 21.5 Å². The lowest BCUT2D eigenvalue weighted by Gasteiger charge is -2.29. The van der Waals surface area contributed by atoms with E-state index in [1.807, 2.05) is 0 Å². The minimum Gasteiger partial charge on any atom is -0.452 e. The largest absolute Gasteiger partial charge is 0.452 e. The Morgan fingerprint density at radius 1 is 1.32 bits per heavy atom. The molecule has 138 valence electrons. The summed E-state index contributed by atoms with van der Waals surface area (Å²) in [6, 6.07) is 3.53. The van der Waals surface area contributed by atoms with Crippen LogP contribution in [0.3, 0.4) is 0 Å². The van der Waals surface area contributed by atoms with E-state index >= 15 is 0 Å². The van der Waals surface area contributed by atoms with E-state index in [2.05, 4.69) is 12.2 Å². The Labute approximate surface area is 151 Å². The molecule has 0 aromatic heterocycles. The monoisotopic (exact) mass is 388 g/mol. The van der Waals surface area contributed by atoms with Crippen molar-refractivity contribution in [2.75, 3.05) is 6.61 Å². The maximum Gasteiger partial charge on any atom is 0.340 e. The van der Waals surface area contributed by atoms with Gasteiger partial charge in [0.1, 0.15) is 0 Å². The normalized spacial score (nSPS) is 20.8. The van der Waals surface area contributed by atoms with Crippen LogP contribution in [0.5, 0.6) is 0 Å². The van der Waals surface area contributed by atoms with Crippen molar-refractivity contribution in [1.29, 1.82) is 0 Å². The summed E-state index contributed by atoms with van der Waals surface area (Å²) in [6.07, 6.45) is 4.18. The molecule has 0 radical (unpaired) electrons. The van der Waals surface area contributed by atoms with E-state index in [1.54, 1.807) is 0 Å². The molecule has 2 rings (SSSR count). The summed E-state index contributed by atoms with van der Waals surface area (Å²) in [6.45, 7) is 1.62. The van der Waals surface area contributed by atoms with Crippen molar-refractivity contribution in [3.8, 4) is 0 Å². The predicted octanol–water partition coefficient (Wildman–Crippen LogP) is 1.84. The Morgan fingerprint density at radius 3 is 2.64 bits per heavy atom. The average molecular weight is 389 g/mol. The number of benzene rings is 1. The standard InChI is InChI=1S/C16H21ClN2O5S/c1-10-4-2-3-5-14(10)19-15(20)9-24-16(21)12-8-11(25(18,22)23)6-7-13(12)17/h6-8,10,14H,2-5,9H2,1H3,(H,19,20)(H2,18,22,23)/t10-,14+/m1/s1. The number of nitrogens with two attached hydrogens (primary N) is 1. The highest BCUT2D eigenvalue weighted by Gasteiger charge is 2.23. The first-order valence-electron chi connectivity index (χ1n) is 7.97. The van der Waals surface area contributed by atoms with E-state index in [0.29, 0.717) is 5.92 Å². The molecule has 1 aliphatic rings. The number of ether oxygens (including phenoxy) is 1. The van der Waals surface area contributed by atoms with Gasteiger partial charge in [0, 0.05) is 6.04 Å². The SMILES string of the molecule is C[C@@H]1CCCC[C@@H]1NC(=O)COC(=O)c1cc(S(N)(=O)=O)ccc1Cl. The number of amides is 1. The molecule has 9 heteroatoms. The number of nitrogens with one attached hydrogen (secondary N) is 1. The van der Waals surface area contributed by atoms with Crippen LogP contribution in [0.4, 0.5) is 0 Å². The molecule has 0 saturated heterocycles. The van der Waals surface area contributed by atoms with Crippen molar-refractivity contribution in [2.45, 2.75) is 43.5 Å². The number of sulfonamides is 1. The Morgan fingerprint density at radius 2 is 2.00 bits per heavy atom. The van der Waals surface area contributed by atoms with Gasteiger partial charge in [0.15, 0.2) is 6.61 Å². The van der Waals surface area contributed by atoms with E-state index in [1.165, 1.54) is 12.1 Å². The third-order valence-corrected chi connectivity index (χ3v) is 5.52. The number of halogens is 1. The van der Waals surface area contributed by atoms with Gasteiger partial charge >= 0.3 is 5.97 Å². The van der Waals surface area contributed by atoms with E-state index in [0.717, 1.165) is 31.7 Å². The van der Waals surface area contributed by atoms with Crippen molar-refractivity contribution >= 4 is 33.5 Å². The first-order chi connectivity index (χ1) is 11.7. The number of carbonyl (C=O) groups is 2. The van der Waals surface area contributed by atoms with Gasteiger partial charge in [-0.05, 0) is 37.0 Å². The summed E-state index contributed by atoms with van der Waals surface area (Å²) in [7, 11) is -3.98. The number of primary sulfonamides is 1. The van der Waals surface area contributed by atoms with Crippen LogP contribution in [-0.4, -0.2) is 32.9 Å². The zero-order valence-corrected chi connectivity index (χ0v) is 15.4. The molecule has 1 aromatic rings. The minimum atomic E-state index is -3.98. The van der Waals surface area contributed by atoms with Gasteiger partial charge in [0.2, 0.25) is 10.0 Å². The third kappa shape index (κ3) is 5.42. The molecule has 25 heavy (non-hydrogen) atoms. The van der Waals surface area contributed by atoms with Gasteiger partial charge < -0.3 is 10.1 Å². The second-order valence-electron chi connectivity index (χ2n) is 6.20. The first kappa shape index (κ1) is 19.7. The molecule has 3 N–H and O–H groups in total. The number of carbonyl (C=O) groups excluding carboxylic acids is 2. The van der Waals surface area contributed by atoms with Crippen molar-refractivity contribution in [3.05, 3.63) is 28.8 Å². The predicted molar refractivity (Wildman–Crippen MR) is 92.7 cm³/mol. The summed E-state index contributed by atoms with van der Waals surface area (Å²) in [5, 5.41) is 7.90. The molecular weight excluding hydrogens is 368 g/mol. The first-order valence-corrected chi connectivity index (χ1v) is 9.89. The van der Waals surface area contributed by atoms with Gasteiger partial charge in [-0.2, -0.15) is 0 Å². The van der Waals surface area contributed by atoms with Crippen LogP contribution in [0.15, 0.2) is 23.1 Å². The molecule has 2 atom stereocenters. The molecule has 7 nitrogen and oxygen atoms in total. The van der Waals surface area contributed by atoms with E-state index in [-0.39, 0.29) is 21.5 Å². The molecule has 0 spiro atoms. The Bertz CT molecular complexity index is 766. The van der Waals surface area contributed by atoms with Gasteiger partial charge in [0.25, 0.3) is 5.91 Å². The molecule has 0 bridgehead atoms. The molecular formula is C16H21ClN2O5S. The minimum absolute atomic E-state index is 0.0127. The van der Waals surface area contributed by atoms with Gasteiger partial charge in [-0.1, -0.05) is 31.4 Å². The summed E-state index contributed by atoms with van der Waals surface area (Å²) < 4.78 is 27.7. The van der Waals surface area contributed by atoms with Crippen molar-refractivity contribution < 1.29 is 22.7 Å². The highest BCUT2D eigenvalue weighted by Crippen LogP contribution is 2.24. The maximum atomic E-state index is 12.1. The van der Waals surface area contributed by atoms with Crippen molar-refractivity contribution in [3.63, 3.8) is 0 Å². The van der Waals surface area contributed by atoms with Crippen LogP contribution in [0.1, 0.15) is 43.0 Å². The molecule has 0 aliphatic heterocycles. The summed E-state index contributed by atoms with van der Waals surface area (Å²) in [4.78, 5) is 23.8. The van der Waals surface area contributed by atoms with Crippen LogP contribution in [0.2, 0.25) is 5.02 Å². The van der Waals surface area contributed by atoms with Crippen molar-refractivity contribution in [1.82, 2.24) is 5.32 Å².